The van der Waals surface area contributed by atoms with Crippen LogP contribution in [0.1, 0.15) is 125 Å². The van der Waals surface area contributed by atoms with Crippen LogP contribution in [-0.4, -0.2) is 127 Å². The average molecular weight is 944 g/mol. The van der Waals surface area contributed by atoms with Gasteiger partial charge in [-0.2, -0.15) is 0 Å². The minimum absolute atomic E-state index is 0.118. The van der Waals surface area contributed by atoms with Crippen LogP contribution in [-0.2, 0) is 34.0 Å². The molecule has 0 spiro atoms. The number of esters is 1. The summed E-state index contributed by atoms with van der Waals surface area (Å²) < 4.78 is 33.3. The predicted molar refractivity (Wildman–Crippen MR) is 258 cm³/mol. The highest BCUT2D eigenvalue weighted by Gasteiger charge is 2.41. The first-order valence-electron chi connectivity index (χ1n) is 24.0. The van der Waals surface area contributed by atoms with E-state index in [0.717, 1.165) is 61.6 Å². The molecule has 4 N–H and O–H groups in total. The lowest BCUT2D eigenvalue weighted by Gasteiger charge is -2.41. The Kier molecular flexibility index (Phi) is 22.0. The second kappa shape index (κ2) is 28.0. The SMILES string of the molecule is COC(=O)CCCCCOCCOCCOCCCCCCOc1ccc(C)c([C@H](CCO)NC(=O)c2cccc(NC3(c4nnc(-c5ccncc5)[nH]4)CCN(C(=O)OC(C)(C)C)CC3)c2)c1. The van der Waals surface area contributed by atoms with Gasteiger partial charge in [-0.05, 0) is 133 Å². The van der Waals surface area contributed by atoms with E-state index in [1.807, 2.05) is 76.2 Å². The maximum absolute atomic E-state index is 14.0. The lowest BCUT2D eigenvalue weighted by atomic mass is 9.86. The van der Waals surface area contributed by atoms with E-state index < -0.39 is 17.2 Å². The number of aryl methyl sites for hydroxylation is 1. The lowest BCUT2D eigenvalue weighted by molar-refractivity contribution is -0.140. The first-order chi connectivity index (χ1) is 32.9. The maximum Gasteiger partial charge on any atom is 0.410 e. The molecular formula is C51H73N7O10. The number of anilines is 1. The Bertz CT molecular complexity index is 2120. The molecule has 0 aliphatic carbocycles. The van der Waals surface area contributed by atoms with Crippen molar-refractivity contribution >= 4 is 23.7 Å². The van der Waals surface area contributed by atoms with Gasteiger partial charge in [-0.1, -0.05) is 25.0 Å². The molecule has 372 valence electrons. The largest absolute Gasteiger partial charge is 0.494 e. The summed E-state index contributed by atoms with van der Waals surface area (Å²) in [5.74, 6) is 1.46. The van der Waals surface area contributed by atoms with Crippen LogP contribution in [0.15, 0.2) is 67.0 Å². The van der Waals surface area contributed by atoms with Gasteiger partial charge in [0.1, 0.15) is 16.9 Å². The third-order valence-corrected chi connectivity index (χ3v) is 11.6. The molecule has 68 heavy (non-hydrogen) atoms. The van der Waals surface area contributed by atoms with Gasteiger partial charge in [-0.3, -0.25) is 14.6 Å². The molecule has 1 aliphatic heterocycles. The molecule has 5 rings (SSSR count). The van der Waals surface area contributed by atoms with Crippen molar-refractivity contribution in [3.05, 3.63) is 89.5 Å². The highest BCUT2D eigenvalue weighted by Crippen LogP contribution is 2.36. The first-order valence-corrected chi connectivity index (χ1v) is 24.0. The fraction of sp³-hybridized carbons (Fsp3) is 0.569. The van der Waals surface area contributed by atoms with Crippen LogP contribution in [0.3, 0.4) is 0 Å². The molecule has 1 aliphatic rings. The molecule has 2 aromatic carbocycles. The molecule has 2 aromatic heterocycles. The van der Waals surface area contributed by atoms with Crippen molar-refractivity contribution in [1.29, 1.82) is 0 Å². The number of nitrogens with one attached hydrogen (secondary N) is 3. The number of unbranched alkanes of at least 4 members (excludes halogenated alkanes) is 5. The third kappa shape index (κ3) is 17.8. The Morgan fingerprint density at radius 2 is 1.49 bits per heavy atom. The number of H-pyrrole nitrogens is 1. The summed E-state index contributed by atoms with van der Waals surface area (Å²) >= 11 is 0. The zero-order chi connectivity index (χ0) is 48.6. The first kappa shape index (κ1) is 53.3. The quantitative estimate of drug-likeness (QED) is 0.0300. The van der Waals surface area contributed by atoms with Crippen molar-refractivity contribution in [3.8, 4) is 17.1 Å². The zero-order valence-electron chi connectivity index (χ0n) is 40.7. The van der Waals surface area contributed by atoms with Crippen LogP contribution in [0.4, 0.5) is 10.5 Å². The van der Waals surface area contributed by atoms with E-state index in [0.29, 0.717) is 114 Å². The molecule has 2 amide bonds. The van der Waals surface area contributed by atoms with Crippen molar-refractivity contribution in [2.45, 2.75) is 116 Å². The smallest absolute Gasteiger partial charge is 0.410 e. The maximum atomic E-state index is 14.0. The molecule has 17 heteroatoms. The number of aliphatic hydroxyl groups is 1. The molecule has 0 bridgehead atoms. The van der Waals surface area contributed by atoms with Crippen LogP contribution in [0.2, 0.25) is 0 Å². The van der Waals surface area contributed by atoms with Crippen LogP contribution in [0, 0.1) is 6.92 Å². The fourth-order valence-electron chi connectivity index (χ4n) is 7.85. The van der Waals surface area contributed by atoms with E-state index >= 15 is 0 Å². The fourth-order valence-corrected chi connectivity index (χ4v) is 7.85. The van der Waals surface area contributed by atoms with Crippen LogP contribution >= 0.6 is 0 Å². The van der Waals surface area contributed by atoms with E-state index in [1.54, 1.807) is 23.4 Å². The number of nitrogens with zero attached hydrogens (tertiary/aromatic N) is 4. The Morgan fingerprint density at radius 1 is 0.824 bits per heavy atom. The van der Waals surface area contributed by atoms with E-state index in [4.69, 9.17) is 23.7 Å². The number of hydrogen-bond acceptors (Lipinski definition) is 14. The number of aromatic nitrogens is 4. The number of ether oxygens (including phenoxy) is 6. The van der Waals surface area contributed by atoms with Gasteiger partial charge >= 0.3 is 12.1 Å². The summed E-state index contributed by atoms with van der Waals surface area (Å²) in [4.78, 5) is 47.4. The molecular weight excluding hydrogens is 871 g/mol. The number of carbonyl (C=O) groups excluding carboxylic acids is 3. The Labute approximate surface area is 401 Å². The molecule has 4 aromatic rings. The summed E-state index contributed by atoms with van der Waals surface area (Å²) in [6, 6.07) is 16.4. The number of pyridine rings is 1. The summed E-state index contributed by atoms with van der Waals surface area (Å²) in [5, 5.41) is 26.0. The van der Waals surface area contributed by atoms with Crippen LogP contribution in [0.25, 0.3) is 11.4 Å². The number of piperidine rings is 1. The normalized spacial score (nSPS) is 14.0. The van der Waals surface area contributed by atoms with Crippen molar-refractivity contribution < 1.29 is 47.9 Å². The van der Waals surface area contributed by atoms with Gasteiger partial charge in [-0.25, -0.2) is 4.79 Å². The number of amides is 2. The number of hydrogen-bond donors (Lipinski definition) is 4. The minimum atomic E-state index is -0.748. The highest BCUT2D eigenvalue weighted by atomic mass is 16.6. The summed E-state index contributed by atoms with van der Waals surface area (Å²) in [6.45, 7) is 12.3. The number of carbonyl (C=O) groups is 3. The van der Waals surface area contributed by atoms with Gasteiger partial charge in [0.2, 0.25) is 0 Å². The zero-order valence-corrected chi connectivity index (χ0v) is 40.7. The molecule has 3 heterocycles. The van der Waals surface area contributed by atoms with Gasteiger partial charge in [0.25, 0.3) is 5.91 Å². The summed E-state index contributed by atoms with van der Waals surface area (Å²) in [5.41, 5.74) is 2.47. The topological polar surface area (TPSA) is 209 Å². The molecule has 1 saturated heterocycles. The van der Waals surface area contributed by atoms with Gasteiger partial charge in [0.15, 0.2) is 11.6 Å². The van der Waals surface area contributed by atoms with Gasteiger partial charge in [-0.15, -0.1) is 10.2 Å². The molecule has 1 fully saturated rings. The van der Waals surface area contributed by atoms with Gasteiger partial charge in [0, 0.05) is 68.5 Å². The number of benzene rings is 2. The van der Waals surface area contributed by atoms with E-state index in [2.05, 4.69) is 35.5 Å². The number of rotatable bonds is 29. The van der Waals surface area contributed by atoms with Gasteiger partial charge < -0.3 is 54.0 Å². The summed E-state index contributed by atoms with van der Waals surface area (Å²) in [7, 11) is 1.41. The predicted octanol–water partition coefficient (Wildman–Crippen LogP) is 8.09. The standard InChI is InChI=1S/C51H73N7O10/c1-38-17-18-42(67-31-12-7-6-10-29-64-32-34-66-35-33-65-30-11-8-9-16-45(60)63-5)37-43(38)44(21-28-59)53-47(61)40-14-13-15-41(36-40)55-51(22-26-58(27-23-51)49(62)68-50(2,3)4)48-54-46(56-57-48)39-19-24-52-25-20-39/h13-15,17-20,24-25,36-37,44,55,59H,6-12,16,21-23,26-35H2,1-5H3,(H,53,61)(H,54,56,57)/t44-/m0/s1. The van der Waals surface area contributed by atoms with E-state index in [9.17, 15) is 19.5 Å². The molecule has 1 atom stereocenters. The van der Waals surface area contributed by atoms with Crippen molar-refractivity contribution in [2.75, 3.05) is 78.4 Å². The number of aliphatic hydroxyl groups excluding tert-OH is 1. The number of likely N-dealkylation sites (tertiary alicyclic amines) is 1. The minimum Gasteiger partial charge on any atom is -0.494 e. The Balaban J connectivity index is 1.07. The summed E-state index contributed by atoms with van der Waals surface area (Å²) in [6.07, 6.45) is 11.4. The molecule has 0 unspecified atom stereocenters. The number of aromatic amines is 1. The van der Waals surface area contributed by atoms with E-state index in [1.165, 1.54) is 7.11 Å². The Morgan fingerprint density at radius 3 is 2.15 bits per heavy atom. The van der Waals surface area contributed by atoms with Crippen LogP contribution in [0.5, 0.6) is 5.75 Å². The molecule has 0 saturated carbocycles. The Hall–Kier alpha value is -5.62. The number of methoxy groups -OCH3 is 1. The van der Waals surface area contributed by atoms with Crippen LogP contribution < -0.4 is 15.4 Å². The van der Waals surface area contributed by atoms with Gasteiger partial charge in [0.05, 0.1) is 46.2 Å². The third-order valence-electron chi connectivity index (χ3n) is 11.6. The average Bonchev–Trinajstić information content (AvgIpc) is 3.84. The lowest BCUT2D eigenvalue weighted by Crippen LogP contribution is -2.50. The second-order valence-electron chi connectivity index (χ2n) is 18.1. The van der Waals surface area contributed by atoms with Crippen molar-refractivity contribution in [2.24, 2.45) is 0 Å². The molecule has 0 radical (unpaired) electrons. The van der Waals surface area contributed by atoms with Crippen molar-refractivity contribution in [1.82, 2.24) is 30.4 Å². The monoisotopic (exact) mass is 944 g/mol. The highest BCUT2D eigenvalue weighted by molar-refractivity contribution is 5.95. The second-order valence-corrected chi connectivity index (χ2v) is 18.1. The molecule has 17 nitrogen and oxygen atoms in total. The van der Waals surface area contributed by atoms with Crippen molar-refractivity contribution in [3.63, 3.8) is 0 Å². The van der Waals surface area contributed by atoms with E-state index in [-0.39, 0.29) is 24.6 Å².